The molecule has 16 heavy (non-hydrogen) atoms. The van der Waals surface area contributed by atoms with Gasteiger partial charge in [0, 0.05) is 20.1 Å². The first-order valence-corrected chi connectivity index (χ1v) is 5.34. The van der Waals surface area contributed by atoms with Crippen LogP contribution in [0, 0.1) is 0 Å². The van der Waals surface area contributed by atoms with Crippen LogP contribution in [0.2, 0.25) is 0 Å². The summed E-state index contributed by atoms with van der Waals surface area (Å²) in [6.45, 7) is 2.22. The summed E-state index contributed by atoms with van der Waals surface area (Å²) in [4.78, 5) is 2.08. The van der Waals surface area contributed by atoms with Crippen LogP contribution >= 0.6 is 0 Å². The van der Waals surface area contributed by atoms with Crippen LogP contribution in [0.5, 0.6) is 0 Å². The summed E-state index contributed by atoms with van der Waals surface area (Å²) in [5.74, 6) is 0. The predicted octanol–water partition coefficient (Wildman–Crippen LogP) is -0.479. The number of hydrogen-bond acceptors (Lipinski definition) is 5. The van der Waals surface area contributed by atoms with Crippen LogP contribution in [0.25, 0.3) is 0 Å². The zero-order chi connectivity index (χ0) is 12.0. The molecule has 0 radical (unpaired) electrons. The molecule has 0 unspecified atom stereocenters. The molecule has 0 saturated carbocycles. The van der Waals surface area contributed by atoms with E-state index in [1.165, 1.54) is 0 Å². The van der Waals surface area contributed by atoms with Crippen LogP contribution in [0.15, 0.2) is 0 Å². The number of aliphatic hydroxyl groups is 1. The van der Waals surface area contributed by atoms with Crippen molar-refractivity contribution >= 4 is 0 Å². The van der Waals surface area contributed by atoms with Crippen LogP contribution in [0.4, 0.5) is 0 Å². The molecule has 0 saturated heterocycles. The monoisotopic (exact) mass is 228 g/mol. The van der Waals surface area contributed by atoms with Gasteiger partial charge in [0.2, 0.25) is 0 Å². The quantitative estimate of drug-likeness (QED) is 0.683. The van der Waals surface area contributed by atoms with Gasteiger partial charge in [-0.1, -0.05) is 5.21 Å². The van der Waals surface area contributed by atoms with Crippen molar-refractivity contribution in [2.45, 2.75) is 19.6 Å². The van der Waals surface area contributed by atoms with Gasteiger partial charge in [-0.2, -0.15) is 0 Å². The number of likely N-dealkylation sites (N-methyl/N-ethyl adjacent to an activating group) is 1. The number of aliphatic hydroxyl groups excluding tert-OH is 1. The second-order valence-corrected chi connectivity index (χ2v) is 3.91. The molecule has 0 spiro atoms. The molecule has 0 fully saturated rings. The molecule has 0 bridgehead atoms. The van der Waals surface area contributed by atoms with Gasteiger partial charge in [0.1, 0.15) is 5.69 Å². The number of nitrogens with zero attached hydrogens (tertiary/aromatic N) is 4. The predicted molar refractivity (Wildman–Crippen MR) is 60.1 cm³/mol. The molecule has 92 valence electrons. The van der Waals surface area contributed by atoms with E-state index in [2.05, 4.69) is 15.2 Å². The smallest absolute Gasteiger partial charge is 0.111 e. The van der Waals surface area contributed by atoms with Crippen LogP contribution in [-0.2, 0) is 24.3 Å². The molecule has 6 nitrogen and oxygen atoms in total. The van der Waals surface area contributed by atoms with Crippen molar-refractivity contribution in [1.82, 2.24) is 19.9 Å². The number of ether oxygens (including phenoxy) is 1. The molecular formula is C10H20N4O2. The Morgan fingerprint density at radius 3 is 2.75 bits per heavy atom. The Morgan fingerprint density at radius 2 is 2.19 bits per heavy atom. The van der Waals surface area contributed by atoms with Crippen LogP contribution in [0.3, 0.4) is 0 Å². The maximum absolute atomic E-state index is 9.14. The standard InChI is InChI=1S/C10H20N4O2/c1-13(2)5-6-14-10(4-7-16-3)9(8-15)11-12-14/h15H,4-8H2,1-3H3. The maximum Gasteiger partial charge on any atom is 0.111 e. The fourth-order valence-electron chi connectivity index (χ4n) is 1.44. The van der Waals surface area contributed by atoms with Crippen molar-refractivity contribution in [3.63, 3.8) is 0 Å². The Balaban J connectivity index is 2.70. The van der Waals surface area contributed by atoms with Gasteiger partial charge in [-0.15, -0.1) is 5.10 Å². The Hall–Kier alpha value is -0.980. The molecule has 0 aromatic carbocycles. The van der Waals surface area contributed by atoms with Gasteiger partial charge in [-0.05, 0) is 14.1 Å². The van der Waals surface area contributed by atoms with Gasteiger partial charge >= 0.3 is 0 Å². The lowest BCUT2D eigenvalue weighted by Gasteiger charge is -2.11. The van der Waals surface area contributed by atoms with E-state index >= 15 is 0 Å². The van der Waals surface area contributed by atoms with Crippen molar-refractivity contribution in [3.05, 3.63) is 11.4 Å². The molecule has 1 aromatic heterocycles. The largest absolute Gasteiger partial charge is 0.390 e. The molecule has 1 rings (SSSR count). The van der Waals surface area contributed by atoms with Crippen molar-refractivity contribution in [2.75, 3.05) is 34.4 Å². The number of methoxy groups -OCH3 is 1. The molecule has 0 aliphatic heterocycles. The minimum atomic E-state index is -0.0684. The summed E-state index contributed by atoms with van der Waals surface area (Å²) in [7, 11) is 5.68. The minimum Gasteiger partial charge on any atom is -0.390 e. The topological polar surface area (TPSA) is 63.4 Å². The summed E-state index contributed by atoms with van der Waals surface area (Å²) >= 11 is 0. The van der Waals surface area contributed by atoms with E-state index in [1.807, 2.05) is 18.8 Å². The third-order valence-electron chi connectivity index (χ3n) is 2.37. The first kappa shape index (κ1) is 13.1. The summed E-state index contributed by atoms with van der Waals surface area (Å²) in [5, 5.41) is 17.1. The lowest BCUT2D eigenvalue weighted by molar-refractivity contribution is 0.198. The SMILES string of the molecule is COCCc1c(CO)nnn1CCN(C)C. The van der Waals surface area contributed by atoms with Crippen molar-refractivity contribution < 1.29 is 9.84 Å². The van der Waals surface area contributed by atoms with Crippen molar-refractivity contribution in [3.8, 4) is 0 Å². The Labute approximate surface area is 95.8 Å². The van der Waals surface area contributed by atoms with Crippen LogP contribution < -0.4 is 0 Å². The van der Waals surface area contributed by atoms with Crippen LogP contribution in [0.1, 0.15) is 11.4 Å². The molecule has 0 amide bonds. The van der Waals surface area contributed by atoms with Gasteiger partial charge in [-0.3, -0.25) is 0 Å². The Kier molecular flexibility index (Phi) is 5.37. The Bertz CT molecular complexity index is 312. The van der Waals surface area contributed by atoms with Gasteiger partial charge in [0.15, 0.2) is 0 Å². The molecule has 1 aromatic rings. The van der Waals surface area contributed by atoms with Crippen molar-refractivity contribution in [2.24, 2.45) is 0 Å². The van der Waals surface area contributed by atoms with E-state index in [0.29, 0.717) is 12.3 Å². The summed E-state index contributed by atoms with van der Waals surface area (Å²) in [5.41, 5.74) is 1.61. The highest BCUT2D eigenvalue weighted by Crippen LogP contribution is 2.06. The number of hydrogen-bond donors (Lipinski definition) is 1. The lowest BCUT2D eigenvalue weighted by atomic mass is 10.2. The molecule has 1 N–H and O–H groups in total. The van der Waals surface area contributed by atoms with E-state index in [4.69, 9.17) is 9.84 Å². The average molecular weight is 228 g/mol. The third-order valence-corrected chi connectivity index (χ3v) is 2.37. The highest BCUT2D eigenvalue weighted by atomic mass is 16.5. The fourth-order valence-corrected chi connectivity index (χ4v) is 1.44. The van der Waals surface area contributed by atoms with Gasteiger partial charge in [0.05, 0.1) is 25.5 Å². The summed E-state index contributed by atoms with van der Waals surface area (Å²) in [6.07, 6.45) is 0.729. The highest BCUT2D eigenvalue weighted by molar-refractivity contribution is 5.09. The average Bonchev–Trinajstić information content (AvgIpc) is 2.65. The zero-order valence-corrected chi connectivity index (χ0v) is 10.2. The molecule has 6 heteroatoms. The van der Waals surface area contributed by atoms with E-state index < -0.39 is 0 Å². The number of rotatable bonds is 7. The summed E-state index contributed by atoms with van der Waals surface area (Å²) in [6, 6.07) is 0. The molecule has 0 aliphatic carbocycles. The van der Waals surface area contributed by atoms with E-state index in [9.17, 15) is 0 Å². The molecule has 1 heterocycles. The highest BCUT2D eigenvalue weighted by Gasteiger charge is 2.11. The first-order valence-electron chi connectivity index (χ1n) is 5.34. The molecule has 0 aliphatic rings. The van der Waals surface area contributed by atoms with E-state index in [0.717, 1.165) is 25.2 Å². The zero-order valence-electron chi connectivity index (χ0n) is 10.2. The van der Waals surface area contributed by atoms with Gasteiger partial charge < -0.3 is 14.7 Å². The number of aromatic nitrogens is 3. The lowest BCUT2D eigenvalue weighted by Crippen LogP contribution is -2.20. The van der Waals surface area contributed by atoms with E-state index in [-0.39, 0.29) is 6.61 Å². The van der Waals surface area contributed by atoms with E-state index in [1.54, 1.807) is 7.11 Å². The molecular weight excluding hydrogens is 208 g/mol. The second-order valence-electron chi connectivity index (χ2n) is 3.91. The van der Waals surface area contributed by atoms with Gasteiger partial charge in [0.25, 0.3) is 0 Å². The second kappa shape index (κ2) is 6.57. The van der Waals surface area contributed by atoms with Crippen molar-refractivity contribution in [1.29, 1.82) is 0 Å². The normalized spacial score (nSPS) is 11.3. The molecule has 0 atom stereocenters. The third kappa shape index (κ3) is 3.55. The van der Waals surface area contributed by atoms with Gasteiger partial charge in [-0.25, -0.2) is 4.68 Å². The first-order chi connectivity index (χ1) is 7.69. The Morgan fingerprint density at radius 1 is 1.44 bits per heavy atom. The summed E-state index contributed by atoms with van der Waals surface area (Å²) < 4.78 is 6.87. The maximum atomic E-state index is 9.14. The fraction of sp³-hybridized carbons (Fsp3) is 0.800. The van der Waals surface area contributed by atoms with Crippen LogP contribution in [-0.4, -0.2) is 59.4 Å². The minimum absolute atomic E-state index is 0.0684.